The zero-order valence-corrected chi connectivity index (χ0v) is 25.2. The molecule has 0 radical (unpaired) electrons. The van der Waals surface area contributed by atoms with Gasteiger partial charge in [0.2, 0.25) is 0 Å². The molecule has 0 fully saturated rings. The van der Waals surface area contributed by atoms with Gasteiger partial charge in [0.25, 0.3) is 11.8 Å². The number of amides is 2. The van der Waals surface area contributed by atoms with Gasteiger partial charge in [0.1, 0.15) is 0 Å². The third-order valence-corrected chi connectivity index (χ3v) is 13.5. The van der Waals surface area contributed by atoms with Crippen LogP contribution in [0.25, 0.3) is 50.4 Å². The Morgan fingerprint density at radius 3 is 1.07 bits per heavy atom. The summed E-state index contributed by atoms with van der Waals surface area (Å²) in [7, 11) is 0. The Kier molecular flexibility index (Phi) is 5.87. The zero-order chi connectivity index (χ0) is 26.8. The lowest BCUT2D eigenvalue weighted by molar-refractivity contribution is -0.117. The van der Waals surface area contributed by atoms with Gasteiger partial charge in [0.05, 0.1) is 32.3 Å². The second kappa shape index (κ2) is 9.62. The van der Waals surface area contributed by atoms with Crippen LogP contribution in [-0.4, -0.2) is 11.8 Å². The summed E-state index contributed by atoms with van der Waals surface area (Å²) in [5.74, 6) is -0.481. The summed E-state index contributed by atoms with van der Waals surface area (Å²) < 4.78 is 0. The maximum atomic E-state index is 13.2. The van der Waals surface area contributed by atoms with E-state index >= 15 is 0 Å². The summed E-state index contributed by atoms with van der Waals surface area (Å²) in [6, 6.07) is 25.1. The molecule has 8 rings (SSSR count). The molecule has 0 saturated carbocycles. The van der Waals surface area contributed by atoms with Crippen molar-refractivity contribution in [3.8, 4) is 39.0 Å². The lowest BCUT2D eigenvalue weighted by Gasteiger charge is -2.04. The van der Waals surface area contributed by atoms with Gasteiger partial charge in [-0.25, -0.2) is 0 Å². The van der Waals surface area contributed by atoms with Crippen LogP contribution < -0.4 is 10.6 Å². The molecular weight excluding hydrogens is 613 g/mol. The molecule has 0 aromatic carbocycles. The fourth-order valence-corrected chi connectivity index (χ4v) is 10.7. The highest BCUT2D eigenvalue weighted by Gasteiger charge is 2.41. The van der Waals surface area contributed by atoms with Gasteiger partial charge < -0.3 is 10.6 Å². The van der Waals surface area contributed by atoms with E-state index < -0.39 is 0 Å². The highest BCUT2D eigenvalue weighted by molar-refractivity contribution is 7.27. The van der Waals surface area contributed by atoms with E-state index in [-0.39, 0.29) is 11.8 Å². The van der Waals surface area contributed by atoms with Gasteiger partial charge in [-0.1, -0.05) is 12.1 Å². The average Bonchev–Trinajstić information content (AvgIpc) is 3.82. The minimum Gasteiger partial charge on any atom is -0.320 e. The minimum absolute atomic E-state index is 0.240. The Bertz CT molecular complexity index is 1850. The standard InChI is InChI=1S/C30H16N2O2S6/c33-29-25-26(28(32-29)24-12-10-22(40-24)20-8-6-18(38-20)16-4-2-14-36-16)30(34)31-27(25)23-11-9-21(39-23)19-7-5-17(37-19)15-3-1-13-35-15/h1-14H,(H,31,34)(H,32,33). The molecule has 2 N–H and O–H groups in total. The van der Waals surface area contributed by atoms with Crippen LogP contribution in [0.3, 0.4) is 0 Å². The molecule has 0 atom stereocenters. The predicted octanol–water partition coefficient (Wildman–Crippen LogP) is 9.11. The van der Waals surface area contributed by atoms with E-state index in [2.05, 4.69) is 82.1 Å². The molecular formula is C30H16N2O2S6. The summed E-state index contributed by atoms with van der Waals surface area (Å²) in [6.07, 6.45) is 0. The van der Waals surface area contributed by atoms with E-state index in [4.69, 9.17) is 0 Å². The zero-order valence-electron chi connectivity index (χ0n) is 20.3. The van der Waals surface area contributed by atoms with Gasteiger partial charge in [-0.2, -0.15) is 0 Å². The smallest absolute Gasteiger partial charge is 0.258 e. The van der Waals surface area contributed by atoms with Crippen molar-refractivity contribution in [3.05, 3.63) is 104 Å². The van der Waals surface area contributed by atoms with Crippen LogP contribution in [0.1, 0.15) is 9.75 Å². The Morgan fingerprint density at radius 1 is 0.400 bits per heavy atom. The van der Waals surface area contributed by atoms with E-state index in [9.17, 15) is 9.59 Å². The Labute approximate surface area is 253 Å². The second-order valence-corrected chi connectivity index (χ2v) is 15.2. The van der Waals surface area contributed by atoms with Gasteiger partial charge in [0.15, 0.2) is 0 Å². The summed E-state index contributed by atoms with van der Waals surface area (Å²) in [5, 5.41) is 10.2. The largest absolute Gasteiger partial charge is 0.320 e. The third-order valence-electron chi connectivity index (χ3n) is 6.61. The van der Waals surface area contributed by atoms with Crippen LogP contribution in [0.5, 0.6) is 0 Å². The molecule has 0 saturated heterocycles. The van der Waals surface area contributed by atoms with Crippen LogP contribution in [0.2, 0.25) is 0 Å². The summed E-state index contributed by atoms with van der Waals surface area (Å²) >= 11 is 10.1. The highest BCUT2D eigenvalue weighted by atomic mass is 32.1. The van der Waals surface area contributed by atoms with Gasteiger partial charge >= 0.3 is 0 Å². The first-order valence-electron chi connectivity index (χ1n) is 12.2. The fraction of sp³-hybridized carbons (Fsp3) is 0. The maximum absolute atomic E-state index is 13.2. The SMILES string of the molecule is O=C1NC(c2ccc(-c3ccc(-c4cccs4)s3)s2)=C2C(=O)NC(c3ccc(-c4ccc(-c5cccs5)s4)s3)=C12. The van der Waals surface area contributed by atoms with Gasteiger partial charge in [-0.15, -0.1) is 68.0 Å². The topological polar surface area (TPSA) is 58.2 Å². The molecule has 194 valence electrons. The van der Waals surface area contributed by atoms with Crippen molar-refractivity contribution in [2.45, 2.75) is 0 Å². The quantitative estimate of drug-likeness (QED) is 0.193. The summed E-state index contributed by atoms with van der Waals surface area (Å²) in [4.78, 5) is 37.7. The lowest BCUT2D eigenvalue weighted by atomic mass is 10.1. The van der Waals surface area contributed by atoms with E-state index in [1.807, 2.05) is 12.1 Å². The van der Waals surface area contributed by atoms with E-state index in [0.29, 0.717) is 22.5 Å². The third kappa shape index (κ3) is 4.02. The lowest BCUT2D eigenvalue weighted by Crippen LogP contribution is -2.20. The molecule has 2 amide bonds. The molecule has 0 unspecified atom stereocenters. The van der Waals surface area contributed by atoms with Crippen molar-refractivity contribution in [2.24, 2.45) is 0 Å². The number of thiophene rings is 6. The first-order valence-corrected chi connectivity index (χ1v) is 17.2. The van der Waals surface area contributed by atoms with Crippen molar-refractivity contribution in [2.75, 3.05) is 0 Å². The van der Waals surface area contributed by atoms with Crippen LogP contribution in [-0.2, 0) is 9.59 Å². The van der Waals surface area contributed by atoms with Crippen LogP contribution in [0.15, 0.2) is 94.7 Å². The number of hydrogen-bond donors (Lipinski definition) is 2. The molecule has 0 bridgehead atoms. The maximum Gasteiger partial charge on any atom is 0.258 e. The molecule has 2 aliphatic rings. The van der Waals surface area contributed by atoms with Crippen LogP contribution in [0.4, 0.5) is 0 Å². The molecule has 2 aliphatic heterocycles. The number of rotatable bonds is 6. The molecule has 4 nitrogen and oxygen atoms in total. The van der Waals surface area contributed by atoms with Gasteiger partial charge in [-0.3, -0.25) is 9.59 Å². The number of fused-ring (bicyclic) bond motifs is 1. The van der Waals surface area contributed by atoms with Crippen molar-refractivity contribution in [3.63, 3.8) is 0 Å². The number of nitrogens with one attached hydrogen (secondary N) is 2. The molecule has 0 spiro atoms. The number of carbonyl (C=O) groups is 2. The van der Waals surface area contributed by atoms with Crippen molar-refractivity contribution >= 4 is 91.2 Å². The first kappa shape index (κ1) is 24.4. The van der Waals surface area contributed by atoms with E-state index in [0.717, 1.165) is 19.5 Å². The monoisotopic (exact) mass is 628 g/mol. The molecule has 8 heterocycles. The average molecular weight is 629 g/mol. The van der Waals surface area contributed by atoms with Crippen molar-refractivity contribution in [1.29, 1.82) is 0 Å². The molecule has 6 aromatic heterocycles. The van der Waals surface area contributed by atoms with E-state index in [1.54, 1.807) is 68.0 Å². The molecule has 40 heavy (non-hydrogen) atoms. The first-order chi connectivity index (χ1) is 19.6. The van der Waals surface area contributed by atoms with Gasteiger partial charge in [-0.05, 0) is 71.4 Å². The van der Waals surface area contributed by atoms with Crippen LogP contribution in [0, 0.1) is 0 Å². The molecule has 10 heteroatoms. The molecule has 0 aliphatic carbocycles. The normalized spacial score (nSPS) is 14.8. The minimum atomic E-state index is -0.240. The highest BCUT2D eigenvalue weighted by Crippen LogP contribution is 2.45. The second-order valence-electron chi connectivity index (χ2n) is 9.02. The Balaban J connectivity index is 1.12. The van der Waals surface area contributed by atoms with Gasteiger partial charge in [0, 0.05) is 39.0 Å². The number of carbonyl (C=O) groups excluding carboxylic acids is 2. The van der Waals surface area contributed by atoms with Crippen LogP contribution >= 0.6 is 68.0 Å². The molecule has 6 aromatic rings. The Hall–Kier alpha value is -3.38. The summed E-state index contributed by atoms with van der Waals surface area (Å²) in [5.41, 5.74) is 2.05. The van der Waals surface area contributed by atoms with Crippen molar-refractivity contribution in [1.82, 2.24) is 10.6 Å². The number of hydrogen-bond acceptors (Lipinski definition) is 8. The van der Waals surface area contributed by atoms with E-state index in [1.165, 1.54) is 29.3 Å². The van der Waals surface area contributed by atoms with Crippen molar-refractivity contribution < 1.29 is 9.59 Å². The predicted molar refractivity (Wildman–Crippen MR) is 172 cm³/mol. The Morgan fingerprint density at radius 2 is 0.725 bits per heavy atom. The fourth-order valence-electron chi connectivity index (χ4n) is 4.80. The summed E-state index contributed by atoms with van der Waals surface area (Å²) in [6.45, 7) is 0.